The predicted octanol–water partition coefficient (Wildman–Crippen LogP) is 1.80. The van der Waals surface area contributed by atoms with Crippen molar-refractivity contribution >= 4 is 11.8 Å². The van der Waals surface area contributed by atoms with Crippen molar-refractivity contribution in [1.29, 1.82) is 0 Å². The maximum absolute atomic E-state index is 9.04. The van der Waals surface area contributed by atoms with Crippen molar-refractivity contribution in [1.82, 2.24) is 0 Å². The summed E-state index contributed by atoms with van der Waals surface area (Å²) in [5.74, 6) is 2.25. The standard InChI is InChI=1S/C9H12OS/c10-5-7-6-11-9-4-2-1-3-8(7)9/h1-2,4,7-8,10H,3,5-6H2. The monoisotopic (exact) mass is 168 g/mol. The molecule has 0 bridgehead atoms. The Morgan fingerprint density at radius 1 is 1.64 bits per heavy atom. The first kappa shape index (κ1) is 7.44. The lowest BCUT2D eigenvalue weighted by molar-refractivity contribution is 0.213. The molecule has 2 aliphatic rings. The molecule has 1 aliphatic heterocycles. The van der Waals surface area contributed by atoms with Gasteiger partial charge in [0.2, 0.25) is 0 Å². The average molecular weight is 168 g/mol. The highest BCUT2D eigenvalue weighted by atomic mass is 32.2. The largest absolute Gasteiger partial charge is 0.396 e. The van der Waals surface area contributed by atoms with E-state index in [1.54, 1.807) is 0 Å². The van der Waals surface area contributed by atoms with Crippen LogP contribution in [-0.4, -0.2) is 17.5 Å². The molecule has 1 fully saturated rings. The lowest BCUT2D eigenvalue weighted by Crippen LogP contribution is -2.15. The molecular weight excluding hydrogens is 156 g/mol. The zero-order chi connectivity index (χ0) is 7.68. The van der Waals surface area contributed by atoms with Crippen molar-refractivity contribution in [3.8, 4) is 0 Å². The van der Waals surface area contributed by atoms with E-state index in [4.69, 9.17) is 5.11 Å². The van der Waals surface area contributed by atoms with E-state index in [1.807, 2.05) is 11.8 Å². The van der Waals surface area contributed by atoms with E-state index in [9.17, 15) is 0 Å². The van der Waals surface area contributed by atoms with Gasteiger partial charge in [-0.25, -0.2) is 0 Å². The molecular formula is C9H12OS. The molecule has 0 amide bonds. The number of aliphatic hydroxyl groups excluding tert-OH is 1. The van der Waals surface area contributed by atoms with Crippen LogP contribution in [0.3, 0.4) is 0 Å². The van der Waals surface area contributed by atoms with Gasteiger partial charge in [-0.1, -0.05) is 18.2 Å². The Bertz CT molecular complexity index is 208. The zero-order valence-corrected chi connectivity index (χ0v) is 7.18. The van der Waals surface area contributed by atoms with Gasteiger partial charge in [-0.15, -0.1) is 11.8 Å². The van der Waals surface area contributed by atoms with Crippen LogP contribution >= 0.6 is 11.8 Å². The maximum Gasteiger partial charge on any atom is 0.0473 e. The van der Waals surface area contributed by atoms with Gasteiger partial charge in [0.15, 0.2) is 0 Å². The topological polar surface area (TPSA) is 20.2 Å². The molecule has 0 aromatic heterocycles. The molecule has 1 aliphatic carbocycles. The van der Waals surface area contributed by atoms with E-state index in [2.05, 4.69) is 18.2 Å². The van der Waals surface area contributed by atoms with Crippen LogP contribution in [0.25, 0.3) is 0 Å². The Kier molecular flexibility index (Phi) is 2.05. The Morgan fingerprint density at radius 2 is 2.55 bits per heavy atom. The summed E-state index contributed by atoms with van der Waals surface area (Å²) in [5, 5.41) is 9.04. The number of hydrogen-bond donors (Lipinski definition) is 1. The van der Waals surface area contributed by atoms with Crippen LogP contribution < -0.4 is 0 Å². The van der Waals surface area contributed by atoms with Gasteiger partial charge in [0.25, 0.3) is 0 Å². The van der Waals surface area contributed by atoms with Crippen molar-refractivity contribution < 1.29 is 5.11 Å². The Balaban J connectivity index is 2.15. The molecule has 2 rings (SSSR count). The SMILES string of the molecule is OCC1CSC2=CC=CCC21. The van der Waals surface area contributed by atoms with Gasteiger partial charge in [0, 0.05) is 12.4 Å². The van der Waals surface area contributed by atoms with Crippen LogP contribution in [0.5, 0.6) is 0 Å². The van der Waals surface area contributed by atoms with Gasteiger partial charge in [-0.2, -0.15) is 0 Å². The predicted molar refractivity (Wildman–Crippen MR) is 48.4 cm³/mol. The lowest BCUT2D eigenvalue weighted by Gasteiger charge is -2.17. The lowest BCUT2D eigenvalue weighted by atomic mass is 9.89. The van der Waals surface area contributed by atoms with Crippen LogP contribution in [-0.2, 0) is 0 Å². The fourth-order valence-electron chi connectivity index (χ4n) is 1.71. The van der Waals surface area contributed by atoms with Crippen molar-refractivity contribution in [2.75, 3.05) is 12.4 Å². The molecule has 1 saturated heterocycles. The van der Waals surface area contributed by atoms with E-state index in [0.29, 0.717) is 18.4 Å². The molecule has 1 nitrogen and oxygen atoms in total. The van der Waals surface area contributed by atoms with Crippen molar-refractivity contribution in [2.24, 2.45) is 11.8 Å². The Hall–Kier alpha value is -0.210. The summed E-state index contributed by atoms with van der Waals surface area (Å²) in [6.07, 6.45) is 7.64. The van der Waals surface area contributed by atoms with Gasteiger partial charge < -0.3 is 5.11 Å². The van der Waals surface area contributed by atoms with Crippen LogP contribution in [0.1, 0.15) is 6.42 Å². The molecule has 0 aromatic rings. The minimum absolute atomic E-state index is 0.350. The summed E-state index contributed by atoms with van der Waals surface area (Å²) in [7, 11) is 0. The second-order valence-corrected chi connectivity index (χ2v) is 4.19. The van der Waals surface area contributed by atoms with Crippen LogP contribution in [0.2, 0.25) is 0 Å². The summed E-state index contributed by atoms with van der Waals surface area (Å²) < 4.78 is 0. The van der Waals surface area contributed by atoms with Crippen LogP contribution in [0, 0.1) is 11.8 Å². The van der Waals surface area contributed by atoms with E-state index in [1.165, 1.54) is 4.91 Å². The van der Waals surface area contributed by atoms with Crippen LogP contribution in [0.4, 0.5) is 0 Å². The summed E-state index contributed by atoms with van der Waals surface area (Å²) in [5.41, 5.74) is 0. The summed E-state index contributed by atoms with van der Waals surface area (Å²) in [4.78, 5) is 1.48. The third-order valence-corrected chi connectivity index (χ3v) is 3.79. The normalized spacial score (nSPS) is 35.2. The summed E-state index contributed by atoms with van der Waals surface area (Å²) >= 11 is 1.91. The Labute approximate surface area is 71.2 Å². The number of allylic oxidation sites excluding steroid dienone is 4. The van der Waals surface area contributed by atoms with Gasteiger partial charge >= 0.3 is 0 Å². The van der Waals surface area contributed by atoms with E-state index >= 15 is 0 Å². The molecule has 60 valence electrons. The highest BCUT2D eigenvalue weighted by Crippen LogP contribution is 2.43. The molecule has 1 heterocycles. The molecule has 11 heavy (non-hydrogen) atoms. The molecule has 0 saturated carbocycles. The number of fused-ring (bicyclic) bond motifs is 1. The van der Waals surface area contributed by atoms with Crippen LogP contribution in [0.15, 0.2) is 23.1 Å². The van der Waals surface area contributed by atoms with Gasteiger partial charge in [0.1, 0.15) is 0 Å². The second-order valence-electron chi connectivity index (χ2n) is 3.09. The van der Waals surface area contributed by atoms with Gasteiger partial charge in [-0.05, 0) is 23.2 Å². The second kappa shape index (κ2) is 3.03. The third-order valence-electron chi connectivity index (χ3n) is 2.42. The first-order valence-electron chi connectivity index (χ1n) is 4.02. The molecule has 2 heteroatoms. The average Bonchev–Trinajstić information content (AvgIpc) is 2.47. The highest BCUT2D eigenvalue weighted by molar-refractivity contribution is 8.03. The minimum Gasteiger partial charge on any atom is -0.396 e. The van der Waals surface area contributed by atoms with E-state index in [-0.39, 0.29) is 0 Å². The molecule has 0 radical (unpaired) electrons. The number of aliphatic hydroxyl groups is 1. The smallest absolute Gasteiger partial charge is 0.0473 e. The molecule has 2 unspecified atom stereocenters. The fourth-order valence-corrected chi connectivity index (χ4v) is 3.13. The zero-order valence-electron chi connectivity index (χ0n) is 6.36. The quantitative estimate of drug-likeness (QED) is 0.644. The summed E-state index contributed by atoms with van der Waals surface area (Å²) in [6, 6.07) is 0. The molecule has 1 N–H and O–H groups in total. The van der Waals surface area contributed by atoms with E-state index < -0.39 is 0 Å². The van der Waals surface area contributed by atoms with Gasteiger partial charge in [0.05, 0.1) is 0 Å². The first-order chi connectivity index (χ1) is 5.42. The Morgan fingerprint density at radius 3 is 3.36 bits per heavy atom. The summed E-state index contributed by atoms with van der Waals surface area (Å²) in [6.45, 7) is 0.350. The molecule has 0 spiro atoms. The number of rotatable bonds is 1. The van der Waals surface area contributed by atoms with Crippen molar-refractivity contribution in [2.45, 2.75) is 6.42 Å². The fraction of sp³-hybridized carbons (Fsp3) is 0.556. The number of thioether (sulfide) groups is 1. The third kappa shape index (κ3) is 1.25. The maximum atomic E-state index is 9.04. The highest BCUT2D eigenvalue weighted by Gasteiger charge is 2.31. The van der Waals surface area contributed by atoms with Crippen molar-refractivity contribution in [3.63, 3.8) is 0 Å². The van der Waals surface area contributed by atoms with Gasteiger partial charge in [-0.3, -0.25) is 0 Å². The number of hydrogen-bond acceptors (Lipinski definition) is 2. The van der Waals surface area contributed by atoms with E-state index in [0.717, 1.165) is 12.2 Å². The molecule has 0 aromatic carbocycles. The molecule has 2 atom stereocenters. The minimum atomic E-state index is 0.350. The first-order valence-corrected chi connectivity index (χ1v) is 5.00. The van der Waals surface area contributed by atoms with Crippen molar-refractivity contribution in [3.05, 3.63) is 23.1 Å².